The summed E-state index contributed by atoms with van der Waals surface area (Å²) in [4.78, 5) is 9.42. The Kier molecular flexibility index (Phi) is 2.26. The van der Waals surface area contributed by atoms with Crippen LogP contribution in [0, 0.1) is 11.3 Å². The molecule has 23 heavy (non-hydrogen) atoms. The van der Waals surface area contributed by atoms with Crippen LogP contribution >= 0.6 is 0 Å². The maximum Gasteiger partial charge on any atom is 0.165 e. The lowest BCUT2D eigenvalue weighted by molar-refractivity contribution is 1.21. The fourth-order valence-corrected chi connectivity index (χ4v) is 3.19. The Labute approximate surface area is 131 Å². The SMILES string of the molecule is N#Cc1c2nc3ccccc3nc2n2ccc3ccccc3c12. The van der Waals surface area contributed by atoms with Gasteiger partial charge in [0.1, 0.15) is 17.1 Å². The van der Waals surface area contributed by atoms with Crippen molar-refractivity contribution in [1.82, 2.24) is 14.4 Å². The summed E-state index contributed by atoms with van der Waals surface area (Å²) in [5, 5.41) is 11.9. The second kappa shape index (κ2) is 4.28. The van der Waals surface area contributed by atoms with Crippen molar-refractivity contribution in [2.24, 2.45) is 0 Å². The molecule has 4 heteroatoms. The molecule has 0 amide bonds. The van der Waals surface area contributed by atoms with Crippen LogP contribution in [0.3, 0.4) is 0 Å². The third-order valence-electron chi connectivity index (χ3n) is 4.23. The summed E-state index contributed by atoms with van der Waals surface area (Å²) in [7, 11) is 0. The molecule has 2 aromatic carbocycles. The van der Waals surface area contributed by atoms with E-state index < -0.39 is 0 Å². The molecule has 106 valence electrons. The standard InChI is InChI=1S/C19H10N4/c20-11-14-17-19(22-16-8-4-3-7-15(16)21-17)23-10-9-12-5-1-2-6-13(12)18(14)23/h1-10H. The van der Waals surface area contributed by atoms with Crippen molar-refractivity contribution >= 4 is 38.5 Å². The van der Waals surface area contributed by atoms with Gasteiger partial charge in [-0.3, -0.25) is 4.40 Å². The number of benzene rings is 2. The topological polar surface area (TPSA) is 54.0 Å². The first-order chi connectivity index (χ1) is 11.4. The average molecular weight is 294 g/mol. The number of rotatable bonds is 0. The zero-order valence-corrected chi connectivity index (χ0v) is 12.1. The molecule has 5 aromatic rings. The molecule has 0 N–H and O–H groups in total. The lowest BCUT2D eigenvalue weighted by atomic mass is 10.1. The highest BCUT2D eigenvalue weighted by molar-refractivity contribution is 6.06. The van der Waals surface area contributed by atoms with Gasteiger partial charge in [0.2, 0.25) is 0 Å². The number of hydrogen-bond donors (Lipinski definition) is 0. The van der Waals surface area contributed by atoms with E-state index in [4.69, 9.17) is 4.98 Å². The predicted octanol–water partition coefficient (Wildman–Crippen LogP) is 4.06. The normalized spacial score (nSPS) is 11.4. The summed E-state index contributed by atoms with van der Waals surface area (Å²) < 4.78 is 1.97. The molecule has 0 saturated heterocycles. The molecular weight excluding hydrogens is 284 g/mol. The van der Waals surface area contributed by atoms with Crippen LogP contribution < -0.4 is 0 Å². The molecule has 4 nitrogen and oxygen atoms in total. The molecule has 0 spiro atoms. The molecule has 0 atom stereocenters. The third kappa shape index (κ3) is 1.53. The summed E-state index contributed by atoms with van der Waals surface area (Å²) in [6.45, 7) is 0. The number of hydrogen-bond acceptors (Lipinski definition) is 3. The maximum atomic E-state index is 9.72. The van der Waals surface area contributed by atoms with E-state index in [0.717, 1.165) is 33.0 Å². The zero-order chi connectivity index (χ0) is 15.4. The van der Waals surface area contributed by atoms with Gasteiger partial charge in [0.05, 0.1) is 16.6 Å². The molecule has 3 aromatic heterocycles. The van der Waals surface area contributed by atoms with Gasteiger partial charge in [-0.15, -0.1) is 0 Å². The largest absolute Gasteiger partial charge is 0.298 e. The fraction of sp³-hybridized carbons (Fsp3) is 0. The molecule has 0 aliphatic carbocycles. The maximum absolute atomic E-state index is 9.72. The van der Waals surface area contributed by atoms with Crippen molar-refractivity contribution in [3.63, 3.8) is 0 Å². The van der Waals surface area contributed by atoms with Crippen LogP contribution in [0.2, 0.25) is 0 Å². The van der Waals surface area contributed by atoms with Gasteiger partial charge in [-0.2, -0.15) is 5.26 Å². The van der Waals surface area contributed by atoms with Gasteiger partial charge < -0.3 is 0 Å². The van der Waals surface area contributed by atoms with E-state index in [-0.39, 0.29) is 0 Å². The van der Waals surface area contributed by atoms with Gasteiger partial charge in [-0.1, -0.05) is 36.4 Å². The monoisotopic (exact) mass is 294 g/mol. The van der Waals surface area contributed by atoms with Crippen LogP contribution in [-0.4, -0.2) is 14.4 Å². The van der Waals surface area contributed by atoms with Crippen molar-refractivity contribution in [2.75, 3.05) is 0 Å². The van der Waals surface area contributed by atoms with Crippen molar-refractivity contribution in [1.29, 1.82) is 5.26 Å². The fourth-order valence-electron chi connectivity index (χ4n) is 3.19. The van der Waals surface area contributed by atoms with Gasteiger partial charge in [-0.25, -0.2) is 9.97 Å². The van der Waals surface area contributed by atoms with E-state index in [9.17, 15) is 5.26 Å². The first-order valence-electron chi connectivity index (χ1n) is 7.35. The minimum Gasteiger partial charge on any atom is -0.298 e. The Bertz CT molecular complexity index is 1280. The van der Waals surface area contributed by atoms with Crippen molar-refractivity contribution in [2.45, 2.75) is 0 Å². The second-order valence-electron chi connectivity index (χ2n) is 5.49. The van der Waals surface area contributed by atoms with E-state index >= 15 is 0 Å². The number of para-hydroxylation sites is 2. The summed E-state index contributed by atoms with van der Waals surface area (Å²) in [5.74, 6) is 0. The van der Waals surface area contributed by atoms with E-state index in [0.29, 0.717) is 11.1 Å². The third-order valence-corrected chi connectivity index (χ3v) is 4.23. The number of nitrogens with zero attached hydrogens (tertiary/aromatic N) is 4. The molecule has 5 rings (SSSR count). The van der Waals surface area contributed by atoms with Gasteiger partial charge in [0.15, 0.2) is 5.65 Å². The Morgan fingerprint density at radius 2 is 1.61 bits per heavy atom. The first-order valence-corrected chi connectivity index (χ1v) is 7.35. The number of fused-ring (bicyclic) bond motifs is 6. The molecule has 0 radical (unpaired) electrons. The number of nitriles is 1. The number of pyridine rings is 1. The van der Waals surface area contributed by atoms with Crippen LogP contribution in [-0.2, 0) is 0 Å². The van der Waals surface area contributed by atoms with Gasteiger partial charge in [-0.05, 0) is 23.6 Å². The van der Waals surface area contributed by atoms with E-state index in [1.165, 1.54) is 0 Å². The van der Waals surface area contributed by atoms with Gasteiger partial charge in [0, 0.05) is 11.6 Å². The highest BCUT2D eigenvalue weighted by Gasteiger charge is 2.17. The minimum absolute atomic E-state index is 0.579. The van der Waals surface area contributed by atoms with Crippen LogP contribution in [0.5, 0.6) is 0 Å². The second-order valence-corrected chi connectivity index (χ2v) is 5.49. The van der Waals surface area contributed by atoms with E-state index in [1.807, 2.05) is 65.2 Å². The first kappa shape index (κ1) is 12.1. The highest BCUT2D eigenvalue weighted by atomic mass is 15.0. The van der Waals surface area contributed by atoms with Crippen molar-refractivity contribution in [3.8, 4) is 6.07 Å². The van der Waals surface area contributed by atoms with Crippen molar-refractivity contribution < 1.29 is 0 Å². The lowest BCUT2D eigenvalue weighted by Gasteiger charge is -2.02. The quantitative estimate of drug-likeness (QED) is 0.433. The molecular formula is C19H10N4. The molecule has 0 fully saturated rings. The molecule has 0 saturated carbocycles. The summed E-state index contributed by atoms with van der Waals surface area (Å²) in [6, 6.07) is 20.2. The Morgan fingerprint density at radius 1 is 0.870 bits per heavy atom. The van der Waals surface area contributed by atoms with Gasteiger partial charge >= 0.3 is 0 Å². The minimum atomic E-state index is 0.579. The molecule has 0 bridgehead atoms. The Balaban J connectivity index is 2.12. The Morgan fingerprint density at radius 3 is 2.43 bits per heavy atom. The van der Waals surface area contributed by atoms with E-state index in [2.05, 4.69) is 11.1 Å². The highest BCUT2D eigenvalue weighted by Crippen LogP contribution is 2.30. The lowest BCUT2D eigenvalue weighted by Crippen LogP contribution is -1.89. The van der Waals surface area contributed by atoms with Gasteiger partial charge in [0.25, 0.3) is 0 Å². The van der Waals surface area contributed by atoms with Crippen molar-refractivity contribution in [3.05, 3.63) is 66.4 Å². The molecule has 0 aliphatic heterocycles. The summed E-state index contributed by atoms with van der Waals surface area (Å²) >= 11 is 0. The predicted molar refractivity (Wildman–Crippen MR) is 90.2 cm³/mol. The number of aromatic nitrogens is 3. The Hall–Kier alpha value is -3.45. The molecule has 0 unspecified atom stereocenters. The smallest absolute Gasteiger partial charge is 0.165 e. The van der Waals surface area contributed by atoms with Crippen LogP contribution in [0.1, 0.15) is 5.56 Å². The van der Waals surface area contributed by atoms with Crippen LogP contribution in [0.25, 0.3) is 38.5 Å². The molecule has 0 aliphatic rings. The average Bonchev–Trinajstić information content (AvgIpc) is 2.93. The van der Waals surface area contributed by atoms with E-state index in [1.54, 1.807) is 0 Å². The van der Waals surface area contributed by atoms with Crippen LogP contribution in [0.15, 0.2) is 60.8 Å². The summed E-state index contributed by atoms with van der Waals surface area (Å²) in [5.41, 5.74) is 4.46. The summed E-state index contributed by atoms with van der Waals surface area (Å²) in [6.07, 6.45) is 1.96. The molecule has 3 heterocycles. The van der Waals surface area contributed by atoms with Crippen LogP contribution in [0.4, 0.5) is 0 Å². The zero-order valence-electron chi connectivity index (χ0n) is 12.1.